The molecule has 0 unspecified atom stereocenters. The molecule has 0 bridgehead atoms. The molecule has 0 radical (unpaired) electrons. The third kappa shape index (κ3) is 6.24. The second-order valence-corrected chi connectivity index (χ2v) is 8.01. The Morgan fingerprint density at radius 3 is 2.59 bits per heavy atom. The smallest absolute Gasteiger partial charge is 0.255 e. The molecule has 2 aromatic heterocycles. The maximum atomic E-state index is 12.6. The van der Waals surface area contributed by atoms with Gasteiger partial charge in [-0.2, -0.15) is 15.0 Å². The molecule has 0 saturated carbocycles. The maximum absolute atomic E-state index is 12.6. The van der Waals surface area contributed by atoms with Gasteiger partial charge in [-0.05, 0) is 30.7 Å². The van der Waals surface area contributed by atoms with Crippen LogP contribution in [0.3, 0.4) is 0 Å². The normalized spacial score (nSPS) is 14.1. The SMILES string of the molecule is CCc1nc(Nc2cc(C(=O)Nc3ccccc3)ccn2)nc(N2CCN(CCCO)CC2)n1. The number of aryl methyl sites for hydroxylation is 1. The zero-order chi connectivity index (χ0) is 23.8. The van der Waals surface area contributed by atoms with E-state index in [9.17, 15) is 4.79 Å². The number of hydrogen-bond donors (Lipinski definition) is 3. The van der Waals surface area contributed by atoms with Gasteiger partial charge in [0.2, 0.25) is 11.9 Å². The molecule has 1 saturated heterocycles. The van der Waals surface area contributed by atoms with E-state index < -0.39 is 0 Å². The van der Waals surface area contributed by atoms with Crippen LogP contribution in [0.25, 0.3) is 0 Å². The lowest BCUT2D eigenvalue weighted by atomic mass is 10.2. The highest BCUT2D eigenvalue weighted by atomic mass is 16.3. The molecule has 1 aromatic carbocycles. The summed E-state index contributed by atoms with van der Waals surface area (Å²) < 4.78 is 0. The lowest BCUT2D eigenvalue weighted by Crippen LogP contribution is -2.47. The first kappa shape index (κ1) is 23.5. The van der Waals surface area contributed by atoms with E-state index in [0.29, 0.717) is 35.5 Å². The summed E-state index contributed by atoms with van der Waals surface area (Å²) in [4.78, 5) is 35.2. The number of pyridine rings is 1. The number of aromatic nitrogens is 4. The number of hydrogen-bond acceptors (Lipinski definition) is 9. The van der Waals surface area contributed by atoms with Gasteiger partial charge in [-0.3, -0.25) is 9.69 Å². The number of benzene rings is 1. The van der Waals surface area contributed by atoms with Gasteiger partial charge in [0.15, 0.2) is 0 Å². The number of carbonyl (C=O) groups excluding carboxylic acids is 1. The topological polar surface area (TPSA) is 119 Å². The van der Waals surface area contributed by atoms with Crippen LogP contribution < -0.4 is 15.5 Å². The largest absolute Gasteiger partial charge is 0.396 e. The minimum absolute atomic E-state index is 0.214. The summed E-state index contributed by atoms with van der Waals surface area (Å²) in [6, 6.07) is 12.6. The van der Waals surface area contributed by atoms with Crippen LogP contribution in [0.5, 0.6) is 0 Å². The van der Waals surface area contributed by atoms with Gasteiger partial charge >= 0.3 is 0 Å². The van der Waals surface area contributed by atoms with Crippen molar-refractivity contribution in [2.45, 2.75) is 19.8 Å². The van der Waals surface area contributed by atoms with Gasteiger partial charge < -0.3 is 20.6 Å². The third-order valence-electron chi connectivity index (χ3n) is 5.57. The molecule has 0 atom stereocenters. The highest BCUT2D eigenvalue weighted by Gasteiger charge is 2.20. The van der Waals surface area contributed by atoms with Gasteiger partial charge in [0, 0.05) is 63.2 Å². The molecule has 10 nitrogen and oxygen atoms in total. The van der Waals surface area contributed by atoms with E-state index in [1.165, 1.54) is 0 Å². The van der Waals surface area contributed by atoms with E-state index in [1.807, 2.05) is 37.3 Å². The Morgan fingerprint density at radius 1 is 1.06 bits per heavy atom. The van der Waals surface area contributed by atoms with Crippen LogP contribution in [0.15, 0.2) is 48.7 Å². The second kappa shape index (κ2) is 11.5. The van der Waals surface area contributed by atoms with Crippen molar-refractivity contribution in [1.82, 2.24) is 24.8 Å². The molecular weight excluding hydrogens is 432 g/mol. The van der Waals surface area contributed by atoms with E-state index in [-0.39, 0.29) is 12.5 Å². The first-order valence-corrected chi connectivity index (χ1v) is 11.6. The van der Waals surface area contributed by atoms with Gasteiger partial charge in [-0.1, -0.05) is 25.1 Å². The Labute approximate surface area is 199 Å². The number of aliphatic hydroxyl groups is 1. The maximum Gasteiger partial charge on any atom is 0.255 e. The predicted octanol–water partition coefficient (Wildman–Crippen LogP) is 2.33. The van der Waals surface area contributed by atoms with Gasteiger partial charge in [-0.25, -0.2) is 4.98 Å². The van der Waals surface area contributed by atoms with Crippen molar-refractivity contribution >= 4 is 29.3 Å². The van der Waals surface area contributed by atoms with Crippen LogP contribution >= 0.6 is 0 Å². The molecule has 1 fully saturated rings. The highest BCUT2D eigenvalue weighted by Crippen LogP contribution is 2.18. The summed E-state index contributed by atoms with van der Waals surface area (Å²) >= 11 is 0. The number of para-hydroxylation sites is 1. The average Bonchev–Trinajstić information content (AvgIpc) is 2.88. The monoisotopic (exact) mass is 462 g/mol. The van der Waals surface area contributed by atoms with Crippen LogP contribution in [0, 0.1) is 0 Å². The quantitative estimate of drug-likeness (QED) is 0.440. The molecule has 4 rings (SSSR count). The van der Waals surface area contributed by atoms with Crippen molar-refractivity contribution < 1.29 is 9.90 Å². The predicted molar refractivity (Wildman–Crippen MR) is 131 cm³/mol. The second-order valence-electron chi connectivity index (χ2n) is 8.01. The van der Waals surface area contributed by atoms with Crippen molar-refractivity contribution in [3.05, 3.63) is 60.0 Å². The Bertz CT molecular complexity index is 1090. The van der Waals surface area contributed by atoms with E-state index in [1.54, 1.807) is 18.3 Å². The van der Waals surface area contributed by atoms with Gasteiger partial charge in [-0.15, -0.1) is 0 Å². The minimum atomic E-state index is -0.221. The Morgan fingerprint density at radius 2 is 1.85 bits per heavy atom. The Hall–Kier alpha value is -3.63. The first-order chi connectivity index (χ1) is 16.6. The number of aliphatic hydroxyl groups excluding tert-OH is 1. The summed E-state index contributed by atoms with van der Waals surface area (Å²) in [5.74, 6) is 1.98. The minimum Gasteiger partial charge on any atom is -0.396 e. The lowest BCUT2D eigenvalue weighted by molar-refractivity contribution is 0.102. The van der Waals surface area contributed by atoms with Crippen molar-refractivity contribution in [2.75, 3.05) is 54.9 Å². The molecule has 10 heteroatoms. The van der Waals surface area contributed by atoms with Crippen LogP contribution in [0.1, 0.15) is 29.5 Å². The van der Waals surface area contributed by atoms with E-state index in [2.05, 4.69) is 40.4 Å². The van der Waals surface area contributed by atoms with Crippen molar-refractivity contribution in [3.63, 3.8) is 0 Å². The van der Waals surface area contributed by atoms with Crippen LogP contribution in [-0.2, 0) is 6.42 Å². The van der Waals surface area contributed by atoms with Gasteiger partial charge in [0.25, 0.3) is 5.91 Å². The summed E-state index contributed by atoms with van der Waals surface area (Å²) in [6.45, 7) is 6.53. The molecule has 34 heavy (non-hydrogen) atoms. The lowest BCUT2D eigenvalue weighted by Gasteiger charge is -2.34. The molecule has 3 N–H and O–H groups in total. The molecule has 3 aromatic rings. The molecule has 0 spiro atoms. The summed E-state index contributed by atoms with van der Waals surface area (Å²) in [5.41, 5.74) is 1.20. The standard InChI is InChI=1S/C24H30N8O2/c1-2-20-27-23(30-24(29-20)32-14-12-31(13-15-32)11-6-16-33)28-21-17-18(9-10-25-21)22(34)26-19-7-4-3-5-8-19/h3-5,7-10,17,33H,2,6,11-16H2,1H3,(H,26,34)(H,25,27,28,29,30). The van der Waals surface area contributed by atoms with Crippen molar-refractivity contribution in [2.24, 2.45) is 0 Å². The Balaban J connectivity index is 1.45. The number of anilines is 4. The summed E-state index contributed by atoms with van der Waals surface area (Å²) in [7, 11) is 0. The molecule has 3 heterocycles. The van der Waals surface area contributed by atoms with Gasteiger partial charge in [0.1, 0.15) is 11.6 Å². The summed E-state index contributed by atoms with van der Waals surface area (Å²) in [5, 5.41) is 15.1. The van der Waals surface area contributed by atoms with Crippen LogP contribution in [-0.4, -0.2) is 75.2 Å². The van der Waals surface area contributed by atoms with Crippen molar-refractivity contribution in [3.8, 4) is 0 Å². The molecular formula is C24H30N8O2. The van der Waals surface area contributed by atoms with E-state index >= 15 is 0 Å². The third-order valence-corrected chi connectivity index (χ3v) is 5.57. The van der Waals surface area contributed by atoms with Crippen molar-refractivity contribution in [1.29, 1.82) is 0 Å². The number of carbonyl (C=O) groups is 1. The highest BCUT2D eigenvalue weighted by molar-refractivity contribution is 6.04. The number of nitrogens with one attached hydrogen (secondary N) is 2. The molecule has 0 aliphatic carbocycles. The number of rotatable bonds is 9. The van der Waals surface area contributed by atoms with Gasteiger partial charge in [0.05, 0.1) is 0 Å². The molecule has 1 amide bonds. The fourth-order valence-electron chi connectivity index (χ4n) is 3.71. The zero-order valence-electron chi connectivity index (χ0n) is 19.3. The van der Waals surface area contributed by atoms with E-state index in [4.69, 9.17) is 5.11 Å². The van der Waals surface area contributed by atoms with Crippen LogP contribution in [0.2, 0.25) is 0 Å². The average molecular weight is 463 g/mol. The number of amides is 1. The molecule has 1 aliphatic rings. The number of piperazine rings is 1. The molecule has 178 valence electrons. The first-order valence-electron chi connectivity index (χ1n) is 11.6. The molecule has 1 aliphatic heterocycles. The zero-order valence-corrected chi connectivity index (χ0v) is 19.3. The fraction of sp³-hybridized carbons (Fsp3) is 0.375. The summed E-state index contributed by atoms with van der Waals surface area (Å²) in [6.07, 6.45) is 3.04. The van der Waals surface area contributed by atoms with E-state index in [0.717, 1.165) is 44.8 Å². The Kier molecular flexibility index (Phi) is 7.95. The van der Waals surface area contributed by atoms with Crippen LogP contribution in [0.4, 0.5) is 23.4 Å². The number of nitrogens with zero attached hydrogens (tertiary/aromatic N) is 6. The fourth-order valence-corrected chi connectivity index (χ4v) is 3.71.